The van der Waals surface area contributed by atoms with Gasteiger partial charge in [-0.3, -0.25) is 19.5 Å². The van der Waals surface area contributed by atoms with E-state index >= 15 is 0 Å². The number of benzene rings is 3. The summed E-state index contributed by atoms with van der Waals surface area (Å²) in [7, 11) is -4.62. The van der Waals surface area contributed by atoms with Gasteiger partial charge in [-0.2, -0.15) is 8.42 Å². The van der Waals surface area contributed by atoms with Crippen LogP contribution in [0.3, 0.4) is 0 Å². The Balaban J connectivity index is 2.08. The van der Waals surface area contributed by atoms with Gasteiger partial charge in [-0.1, -0.05) is 12.1 Å². The highest BCUT2D eigenvalue weighted by Crippen LogP contribution is 2.35. The van der Waals surface area contributed by atoms with Crippen molar-refractivity contribution in [3.63, 3.8) is 0 Å². The molecule has 0 heterocycles. The molecule has 0 aromatic heterocycles. The molecule has 1 amide bonds. The minimum Gasteiger partial charge on any atom is -0.507 e. The Morgan fingerprint density at radius 2 is 1.70 bits per heavy atom. The van der Waals surface area contributed by atoms with Crippen LogP contribution in [0.4, 0.5) is 11.4 Å². The Bertz CT molecular complexity index is 1170. The highest BCUT2D eigenvalue weighted by Gasteiger charge is 2.20. The van der Waals surface area contributed by atoms with Crippen molar-refractivity contribution in [3.05, 3.63) is 70.3 Å². The van der Waals surface area contributed by atoms with Crippen molar-refractivity contribution in [1.82, 2.24) is 0 Å². The summed E-state index contributed by atoms with van der Waals surface area (Å²) in [6.07, 6.45) is 0. The van der Waals surface area contributed by atoms with Crippen molar-refractivity contribution in [2.45, 2.75) is 4.90 Å². The number of nitrogens with one attached hydrogen (secondary N) is 1. The number of hydrogen-bond acceptors (Lipinski definition) is 6. The lowest BCUT2D eigenvalue weighted by Gasteiger charge is -2.12. The van der Waals surface area contributed by atoms with Crippen molar-refractivity contribution < 1.29 is 27.8 Å². The number of phenols is 1. The third kappa shape index (κ3) is 3.57. The van der Waals surface area contributed by atoms with E-state index in [4.69, 9.17) is 0 Å². The molecule has 10 heteroatoms. The van der Waals surface area contributed by atoms with E-state index in [1.165, 1.54) is 30.3 Å². The number of carbonyl (C=O) groups excluding carboxylic acids is 1. The third-order valence-corrected chi connectivity index (χ3v) is 4.74. The number of amides is 1. The predicted octanol–water partition coefficient (Wildman–Crippen LogP) is 2.95. The molecule has 27 heavy (non-hydrogen) atoms. The molecule has 3 aromatic carbocycles. The van der Waals surface area contributed by atoms with Crippen molar-refractivity contribution in [1.29, 1.82) is 0 Å². The first kappa shape index (κ1) is 18.3. The third-order valence-electron chi connectivity index (χ3n) is 3.85. The number of carbonyl (C=O) groups is 1. The average Bonchev–Trinajstić information content (AvgIpc) is 2.61. The molecule has 0 spiro atoms. The molecule has 0 unspecified atom stereocenters. The molecule has 9 nitrogen and oxygen atoms in total. The zero-order valence-electron chi connectivity index (χ0n) is 13.5. The molecule has 0 saturated heterocycles. The van der Waals surface area contributed by atoms with Gasteiger partial charge in [0, 0.05) is 28.5 Å². The Labute approximate surface area is 152 Å². The summed E-state index contributed by atoms with van der Waals surface area (Å²) >= 11 is 0. The molecule has 0 bridgehead atoms. The number of hydrogen-bond donors (Lipinski definition) is 3. The highest BCUT2D eigenvalue weighted by atomic mass is 32.2. The summed E-state index contributed by atoms with van der Waals surface area (Å²) in [4.78, 5) is 22.0. The average molecular weight is 388 g/mol. The quantitative estimate of drug-likeness (QED) is 0.354. The summed E-state index contributed by atoms with van der Waals surface area (Å²) in [5.41, 5.74) is -0.0409. The second kappa shape index (κ2) is 6.67. The van der Waals surface area contributed by atoms with Gasteiger partial charge in [-0.05, 0) is 30.3 Å². The zero-order valence-corrected chi connectivity index (χ0v) is 14.3. The second-order valence-corrected chi connectivity index (χ2v) is 6.93. The van der Waals surface area contributed by atoms with Crippen LogP contribution < -0.4 is 5.32 Å². The molecular formula is C17H12N2O7S. The van der Waals surface area contributed by atoms with Crippen LogP contribution in [-0.4, -0.2) is 28.9 Å². The minimum atomic E-state index is -4.62. The number of anilines is 1. The van der Waals surface area contributed by atoms with Crippen LogP contribution in [0.25, 0.3) is 10.8 Å². The fraction of sp³-hybridized carbons (Fsp3) is 0. The standard InChI is InChI=1S/C17H12N2O7S/c20-14-8-9-15(27(24,25)26)16-12(14)2-1-3-13(16)18-17(21)10-4-6-11(7-5-10)19(22)23/h1-9,20H,(H,18,21)(H,24,25,26). The van der Waals surface area contributed by atoms with Gasteiger partial charge >= 0.3 is 0 Å². The van der Waals surface area contributed by atoms with Gasteiger partial charge in [0.15, 0.2) is 0 Å². The van der Waals surface area contributed by atoms with Crippen LogP contribution >= 0.6 is 0 Å². The Morgan fingerprint density at radius 1 is 1.04 bits per heavy atom. The molecule has 0 fully saturated rings. The van der Waals surface area contributed by atoms with Gasteiger partial charge in [-0.25, -0.2) is 0 Å². The molecule has 0 aliphatic rings. The van der Waals surface area contributed by atoms with Crippen LogP contribution in [0.1, 0.15) is 10.4 Å². The molecular weight excluding hydrogens is 376 g/mol. The van der Waals surface area contributed by atoms with E-state index in [2.05, 4.69) is 5.32 Å². The summed E-state index contributed by atoms with van der Waals surface area (Å²) < 4.78 is 32.8. The van der Waals surface area contributed by atoms with E-state index in [0.717, 1.165) is 24.3 Å². The number of phenolic OH excluding ortho intramolecular Hbond substituents is 1. The van der Waals surface area contributed by atoms with Gasteiger partial charge in [-0.15, -0.1) is 0 Å². The number of aromatic hydroxyl groups is 1. The van der Waals surface area contributed by atoms with Crippen LogP contribution in [0.15, 0.2) is 59.5 Å². The van der Waals surface area contributed by atoms with E-state index in [9.17, 15) is 33.0 Å². The molecule has 3 aromatic rings. The lowest BCUT2D eigenvalue weighted by atomic mass is 10.1. The van der Waals surface area contributed by atoms with Crippen molar-refractivity contribution in [3.8, 4) is 5.75 Å². The van der Waals surface area contributed by atoms with Gasteiger partial charge in [0.2, 0.25) is 0 Å². The fourth-order valence-electron chi connectivity index (χ4n) is 2.61. The van der Waals surface area contributed by atoms with E-state index in [1.54, 1.807) is 0 Å². The van der Waals surface area contributed by atoms with Gasteiger partial charge in [0.25, 0.3) is 21.7 Å². The SMILES string of the molecule is O=C(Nc1cccc2c(O)ccc(S(=O)(=O)O)c12)c1ccc([N+](=O)[O-])cc1. The second-order valence-electron chi connectivity index (χ2n) is 5.54. The molecule has 0 aliphatic carbocycles. The molecule has 0 aliphatic heterocycles. The Kier molecular flexibility index (Phi) is 4.52. The van der Waals surface area contributed by atoms with Crippen LogP contribution in [0.5, 0.6) is 5.75 Å². The number of rotatable bonds is 4. The highest BCUT2D eigenvalue weighted by molar-refractivity contribution is 7.86. The molecule has 3 N–H and O–H groups in total. The summed E-state index contributed by atoms with van der Waals surface area (Å²) in [5.74, 6) is -0.883. The predicted molar refractivity (Wildman–Crippen MR) is 96.5 cm³/mol. The summed E-state index contributed by atoms with van der Waals surface area (Å²) in [6.45, 7) is 0. The first-order valence-corrected chi connectivity index (χ1v) is 8.90. The lowest BCUT2D eigenvalue weighted by Crippen LogP contribution is -2.13. The summed E-state index contributed by atoms with van der Waals surface area (Å²) in [5, 5.41) is 23.2. The van der Waals surface area contributed by atoms with Crippen LogP contribution in [0.2, 0.25) is 0 Å². The maximum Gasteiger partial charge on any atom is 0.295 e. The van der Waals surface area contributed by atoms with Crippen molar-refractivity contribution in [2.75, 3.05) is 5.32 Å². The smallest absolute Gasteiger partial charge is 0.295 e. The topological polar surface area (TPSA) is 147 Å². The van der Waals surface area contributed by atoms with Gasteiger partial charge in [0.05, 0.1) is 10.6 Å². The maximum atomic E-state index is 12.4. The largest absolute Gasteiger partial charge is 0.507 e. The minimum absolute atomic E-state index is 0.0411. The molecule has 138 valence electrons. The van der Waals surface area contributed by atoms with E-state index in [-0.39, 0.29) is 33.5 Å². The van der Waals surface area contributed by atoms with Crippen LogP contribution in [-0.2, 0) is 10.1 Å². The van der Waals surface area contributed by atoms with E-state index in [0.29, 0.717) is 0 Å². The van der Waals surface area contributed by atoms with E-state index < -0.39 is 25.8 Å². The zero-order chi connectivity index (χ0) is 19.8. The normalized spacial score (nSPS) is 11.3. The summed E-state index contributed by atoms with van der Waals surface area (Å²) in [6, 6.07) is 11.3. The Hall–Kier alpha value is -3.50. The van der Waals surface area contributed by atoms with Crippen molar-refractivity contribution in [2.24, 2.45) is 0 Å². The number of nitro groups is 1. The van der Waals surface area contributed by atoms with E-state index in [1.807, 2.05) is 0 Å². The Morgan fingerprint density at radius 3 is 2.30 bits per heavy atom. The lowest BCUT2D eigenvalue weighted by molar-refractivity contribution is -0.384. The monoisotopic (exact) mass is 388 g/mol. The molecule has 0 saturated carbocycles. The number of nitrogens with zero attached hydrogens (tertiary/aromatic N) is 1. The number of nitro benzene ring substituents is 1. The maximum absolute atomic E-state index is 12.4. The molecule has 0 atom stereocenters. The van der Waals surface area contributed by atoms with Gasteiger partial charge < -0.3 is 10.4 Å². The van der Waals surface area contributed by atoms with Gasteiger partial charge in [0.1, 0.15) is 10.6 Å². The first-order chi connectivity index (χ1) is 12.7. The fourth-order valence-corrected chi connectivity index (χ4v) is 3.32. The van der Waals surface area contributed by atoms with Crippen molar-refractivity contribution >= 4 is 38.2 Å². The number of fused-ring (bicyclic) bond motifs is 1. The molecule has 3 rings (SSSR count). The first-order valence-electron chi connectivity index (χ1n) is 7.46. The molecule has 0 radical (unpaired) electrons. The van der Waals surface area contributed by atoms with Crippen LogP contribution in [0, 0.1) is 10.1 Å². The number of non-ortho nitro benzene ring substituents is 1.